The Labute approximate surface area is 104 Å². The number of benzene rings is 1. The van der Waals surface area contributed by atoms with Crippen molar-refractivity contribution in [2.24, 2.45) is 0 Å². The maximum Gasteiger partial charge on any atom is 0.127 e. The fourth-order valence-electron chi connectivity index (χ4n) is 1.93. The van der Waals surface area contributed by atoms with E-state index in [4.69, 9.17) is 4.74 Å². The highest BCUT2D eigenvalue weighted by atomic mass is 16.5. The molecule has 0 bridgehead atoms. The Kier molecular flexibility index (Phi) is 5.51. The zero-order valence-corrected chi connectivity index (χ0v) is 10.8. The summed E-state index contributed by atoms with van der Waals surface area (Å²) in [5, 5.41) is 9.36. The Hall–Kier alpha value is -1.53. The summed E-state index contributed by atoms with van der Waals surface area (Å²) in [6, 6.07) is 9.91. The van der Waals surface area contributed by atoms with Crippen molar-refractivity contribution in [1.29, 1.82) is 5.26 Å². The van der Waals surface area contributed by atoms with Gasteiger partial charge in [0.1, 0.15) is 11.8 Å². The molecule has 0 spiro atoms. The van der Waals surface area contributed by atoms with Gasteiger partial charge >= 0.3 is 0 Å². The molecule has 1 aromatic carbocycles. The minimum absolute atomic E-state index is 0.229. The van der Waals surface area contributed by atoms with E-state index < -0.39 is 0 Å². The van der Waals surface area contributed by atoms with Gasteiger partial charge in [-0.2, -0.15) is 5.26 Å². The SMILES string of the molecule is CCOc1ccccc1C(C#N)N(CC)CC. The van der Waals surface area contributed by atoms with Gasteiger partial charge in [-0.1, -0.05) is 32.0 Å². The van der Waals surface area contributed by atoms with Gasteiger partial charge in [0.15, 0.2) is 0 Å². The molecule has 17 heavy (non-hydrogen) atoms. The van der Waals surface area contributed by atoms with Crippen molar-refractivity contribution in [2.45, 2.75) is 26.8 Å². The average Bonchev–Trinajstić information content (AvgIpc) is 2.37. The predicted octanol–water partition coefficient (Wildman–Crippen LogP) is 2.99. The van der Waals surface area contributed by atoms with E-state index in [2.05, 4.69) is 24.8 Å². The molecule has 1 atom stereocenters. The van der Waals surface area contributed by atoms with E-state index in [1.807, 2.05) is 31.2 Å². The molecule has 0 aromatic heterocycles. The Morgan fingerprint density at radius 2 is 1.88 bits per heavy atom. The van der Waals surface area contributed by atoms with Crippen LogP contribution >= 0.6 is 0 Å². The summed E-state index contributed by atoms with van der Waals surface area (Å²) in [6.07, 6.45) is 0. The monoisotopic (exact) mass is 232 g/mol. The van der Waals surface area contributed by atoms with Crippen LogP contribution in [0.15, 0.2) is 24.3 Å². The van der Waals surface area contributed by atoms with E-state index in [1.54, 1.807) is 0 Å². The minimum atomic E-state index is -0.229. The summed E-state index contributed by atoms with van der Waals surface area (Å²) >= 11 is 0. The second-order valence-corrected chi connectivity index (χ2v) is 3.72. The summed E-state index contributed by atoms with van der Waals surface area (Å²) in [5.41, 5.74) is 0.959. The molecule has 1 rings (SSSR count). The molecule has 0 heterocycles. The topological polar surface area (TPSA) is 36.3 Å². The number of ether oxygens (including phenoxy) is 1. The van der Waals surface area contributed by atoms with E-state index in [0.29, 0.717) is 6.61 Å². The molecular weight excluding hydrogens is 212 g/mol. The van der Waals surface area contributed by atoms with Crippen LogP contribution in [0.2, 0.25) is 0 Å². The minimum Gasteiger partial charge on any atom is -0.493 e. The van der Waals surface area contributed by atoms with Gasteiger partial charge in [-0.25, -0.2) is 0 Å². The Morgan fingerprint density at radius 3 is 2.41 bits per heavy atom. The second-order valence-electron chi connectivity index (χ2n) is 3.72. The van der Waals surface area contributed by atoms with E-state index >= 15 is 0 Å². The molecule has 0 saturated heterocycles. The maximum atomic E-state index is 9.36. The molecule has 0 aliphatic rings. The molecule has 3 nitrogen and oxygen atoms in total. The third-order valence-corrected chi connectivity index (χ3v) is 2.81. The van der Waals surface area contributed by atoms with Crippen LogP contribution < -0.4 is 4.74 Å². The standard InChI is InChI=1S/C14H20N2O/c1-4-16(5-2)13(11-15)12-9-7-8-10-14(12)17-6-3/h7-10,13H,4-6H2,1-3H3. The zero-order valence-electron chi connectivity index (χ0n) is 10.8. The molecule has 0 N–H and O–H groups in total. The Morgan fingerprint density at radius 1 is 1.24 bits per heavy atom. The number of nitriles is 1. The van der Waals surface area contributed by atoms with Crippen molar-refractivity contribution in [3.05, 3.63) is 29.8 Å². The van der Waals surface area contributed by atoms with Gasteiger partial charge in [0.2, 0.25) is 0 Å². The summed E-state index contributed by atoms with van der Waals surface area (Å²) in [5.74, 6) is 0.813. The van der Waals surface area contributed by atoms with Crippen LogP contribution in [-0.2, 0) is 0 Å². The van der Waals surface area contributed by atoms with E-state index in [1.165, 1.54) is 0 Å². The van der Waals surface area contributed by atoms with Crippen LogP contribution in [0.25, 0.3) is 0 Å². The van der Waals surface area contributed by atoms with Gasteiger partial charge < -0.3 is 4.74 Å². The van der Waals surface area contributed by atoms with Gasteiger partial charge in [0.25, 0.3) is 0 Å². The van der Waals surface area contributed by atoms with Gasteiger partial charge in [-0.3, -0.25) is 4.90 Å². The number of nitrogens with zero attached hydrogens (tertiary/aromatic N) is 2. The predicted molar refractivity (Wildman–Crippen MR) is 68.9 cm³/mol. The molecular formula is C14H20N2O. The molecule has 0 amide bonds. The molecule has 92 valence electrons. The van der Waals surface area contributed by atoms with Crippen molar-refractivity contribution in [1.82, 2.24) is 4.90 Å². The lowest BCUT2D eigenvalue weighted by atomic mass is 10.1. The molecule has 1 aromatic rings. The van der Waals surface area contributed by atoms with Crippen LogP contribution in [0, 0.1) is 11.3 Å². The smallest absolute Gasteiger partial charge is 0.127 e. The lowest BCUT2D eigenvalue weighted by Crippen LogP contribution is -2.27. The number of hydrogen-bond donors (Lipinski definition) is 0. The molecule has 3 heteroatoms. The van der Waals surface area contributed by atoms with Crippen LogP contribution in [0.1, 0.15) is 32.4 Å². The Bertz CT molecular complexity index is 380. The molecule has 0 saturated carbocycles. The van der Waals surface area contributed by atoms with Crippen molar-refractivity contribution in [3.63, 3.8) is 0 Å². The summed E-state index contributed by atoms with van der Waals surface area (Å²) in [7, 11) is 0. The quantitative estimate of drug-likeness (QED) is 0.756. The molecule has 0 aliphatic heterocycles. The lowest BCUT2D eigenvalue weighted by molar-refractivity contribution is 0.252. The molecule has 1 unspecified atom stereocenters. The lowest BCUT2D eigenvalue weighted by Gasteiger charge is -2.25. The van der Waals surface area contributed by atoms with Crippen LogP contribution in [0.4, 0.5) is 0 Å². The Balaban J connectivity index is 3.07. The summed E-state index contributed by atoms with van der Waals surface area (Å²) in [6.45, 7) is 8.42. The molecule has 0 aliphatic carbocycles. The van der Waals surface area contributed by atoms with Crippen LogP contribution in [0.3, 0.4) is 0 Å². The first-order valence-corrected chi connectivity index (χ1v) is 6.13. The average molecular weight is 232 g/mol. The summed E-state index contributed by atoms with van der Waals surface area (Å²) in [4.78, 5) is 2.12. The number of rotatable bonds is 6. The third kappa shape index (κ3) is 3.21. The van der Waals surface area contributed by atoms with Crippen LogP contribution in [-0.4, -0.2) is 24.6 Å². The molecule has 0 fully saturated rings. The van der Waals surface area contributed by atoms with Gasteiger partial charge in [-0.15, -0.1) is 0 Å². The third-order valence-electron chi connectivity index (χ3n) is 2.81. The van der Waals surface area contributed by atoms with Gasteiger partial charge in [0.05, 0.1) is 12.7 Å². The molecule has 0 radical (unpaired) electrons. The van der Waals surface area contributed by atoms with Crippen molar-refractivity contribution < 1.29 is 4.74 Å². The fourth-order valence-corrected chi connectivity index (χ4v) is 1.93. The highest BCUT2D eigenvalue weighted by Crippen LogP contribution is 2.28. The maximum absolute atomic E-state index is 9.36. The van der Waals surface area contributed by atoms with Crippen LogP contribution in [0.5, 0.6) is 5.75 Å². The fraction of sp³-hybridized carbons (Fsp3) is 0.500. The first-order valence-electron chi connectivity index (χ1n) is 6.13. The first-order chi connectivity index (χ1) is 8.28. The normalized spacial score (nSPS) is 12.2. The highest BCUT2D eigenvalue weighted by molar-refractivity contribution is 5.38. The first kappa shape index (κ1) is 13.5. The van der Waals surface area contributed by atoms with Gasteiger partial charge in [0, 0.05) is 5.56 Å². The van der Waals surface area contributed by atoms with Crippen molar-refractivity contribution >= 4 is 0 Å². The highest BCUT2D eigenvalue weighted by Gasteiger charge is 2.20. The van der Waals surface area contributed by atoms with Crippen molar-refractivity contribution in [3.8, 4) is 11.8 Å². The van der Waals surface area contributed by atoms with Crippen molar-refractivity contribution in [2.75, 3.05) is 19.7 Å². The van der Waals surface area contributed by atoms with E-state index in [9.17, 15) is 5.26 Å². The van der Waals surface area contributed by atoms with E-state index in [0.717, 1.165) is 24.4 Å². The second kappa shape index (κ2) is 6.93. The summed E-state index contributed by atoms with van der Waals surface area (Å²) < 4.78 is 5.58. The number of hydrogen-bond acceptors (Lipinski definition) is 3. The number of para-hydroxylation sites is 1. The van der Waals surface area contributed by atoms with Gasteiger partial charge in [-0.05, 0) is 26.1 Å². The zero-order chi connectivity index (χ0) is 12.7. The van der Waals surface area contributed by atoms with E-state index in [-0.39, 0.29) is 6.04 Å². The largest absolute Gasteiger partial charge is 0.493 e.